The third kappa shape index (κ3) is 3.97. The summed E-state index contributed by atoms with van der Waals surface area (Å²) in [7, 11) is -3.74. The molecule has 0 atom stereocenters. The molecule has 0 unspecified atom stereocenters. The largest absolute Gasteiger partial charge is 0.333 e. The maximum atomic E-state index is 12.1. The molecule has 1 heterocycles. The average Bonchev–Trinajstić information content (AvgIpc) is 2.55. The Balaban J connectivity index is 1.64. The topological polar surface area (TPSA) is 87.6 Å². The summed E-state index contributed by atoms with van der Waals surface area (Å²) in [6.07, 6.45) is 0. The number of carbonyl (C=O) groups is 1. The van der Waals surface area contributed by atoms with Gasteiger partial charge in [0.05, 0.1) is 11.4 Å². The Morgan fingerprint density at radius 2 is 1.88 bits per heavy atom. The van der Waals surface area contributed by atoms with E-state index in [1.807, 2.05) is 12.1 Å². The maximum Gasteiger partial charge on any atom is 0.286 e. The molecule has 24 heavy (non-hydrogen) atoms. The van der Waals surface area contributed by atoms with Gasteiger partial charge in [0.1, 0.15) is 4.90 Å². The molecule has 1 amide bonds. The minimum Gasteiger partial charge on any atom is -0.333 e. The number of fused-ring (bicyclic) bond motifs is 1. The lowest BCUT2D eigenvalue weighted by molar-refractivity contribution is -0.113. The van der Waals surface area contributed by atoms with Crippen molar-refractivity contribution < 1.29 is 13.2 Å². The minimum absolute atomic E-state index is 0.0413. The standard InChI is InChI=1S/C15H12BrN3O3S2/c16-10-5-7-11(8-6-10)17-14(20)9-23-15-18-12-3-1-2-4-13(12)24(21,22)19-15/h1-8H,9H2,(H,17,20)(H,18,19). The molecule has 6 nitrogen and oxygen atoms in total. The minimum atomic E-state index is -3.74. The predicted octanol–water partition coefficient (Wildman–Crippen LogP) is 3.29. The maximum absolute atomic E-state index is 12.1. The second-order valence-electron chi connectivity index (χ2n) is 4.84. The predicted molar refractivity (Wildman–Crippen MR) is 99.9 cm³/mol. The summed E-state index contributed by atoms with van der Waals surface area (Å²) in [6.45, 7) is 0. The van der Waals surface area contributed by atoms with E-state index in [0.29, 0.717) is 11.4 Å². The van der Waals surface area contributed by atoms with Crippen molar-refractivity contribution in [1.82, 2.24) is 0 Å². The number of thioether (sulfide) groups is 1. The highest BCUT2D eigenvalue weighted by molar-refractivity contribution is 9.10. The van der Waals surface area contributed by atoms with Crippen molar-refractivity contribution in [3.8, 4) is 0 Å². The van der Waals surface area contributed by atoms with Gasteiger partial charge in [-0.15, -0.1) is 4.40 Å². The molecule has 2 N–H and O–H groups in total. The molecule has 1 aliphatic heterocycles. The van der Waals surface area contributed by atoms with Gasteiger partial charge in [-0.3, -0.25) is 4.79 Å². The molecule has 0 spiro atoms. The molecule has 1 aliphatic rings. The molecule has 0 fully saturated rings. The first-order valence-electron chi connectivity index (χ1n) is 6.83. The summed E-state index contributed by atoms with van der Waals surface area (Å²) < 4.78 is 28.8. The van der Waals surface area contributed by atoms with Gasteiger partial charge >= 0.3 is 0 Å². The van der Waals surface area contributed by atoms with Gasteiger partial charge in [0.15, 0.2) is 5.17 Å². The zero-order chi connectivity index (χ0) is 17.2. The number of nitrogens with one attached hydrogen (secondary N) is 2. The zero-order valence-electron chi connectivity index (χ0n) is 12.2. The number of amidine groups is 1. The Bertz CT molecular complexity index is 912. The van der Waals surface area contributed by atoms with E-state index < -0.39 is 10.0 Å². The van der Waals surface area contributed by atoms with Crippen LogP contribution in [0.3, 0.4) is 0 Å². The molecule has 2 aromatic carbocycles. The van der Waals surface area contributed by atoms with E-state index in [-0.39, 0.29) is 21.7 Å². The van der Waals surface area contributed by atoms with Crippen molar-refractivity contribution in [3.05, 3.63) is 53.0 Å². The van der Waals surface area contributed by atoms with Crippen LogP contribution in [0.25, 0.3) is 0 Å². The van der Waals surface area contributed by atoms with Gasteiger partial charge in [-0.1, -0.05) is 39.8 Å². The van der Waals surface area contributed by atoms with E-state index in [2.05, 4.69) is 31.0 Å². The fraction of sp³-hybridized carbons (Fsp3) is 0.0667. The zero-order valence-corrected chi connectivity index (χ0v) is 15.4. The summed E-state index contributed by atoms with van der Waals surface area (Å²) in [5.74, 6) is -0.206. The highest BCUT2D eigenvalue weighted by atomic mass is 79.9. The molecular formula is C15H12BrN3O3S2. The number of amides is 1. The number of anilines is 2. The fourth-order valence-electron chi connectivity index (χ4n) is 2.02. The normalized spacial score (nSPS) is 15.0. The van der Waals surface area contributed by atoms with E-state index in [4.69, 9.17) is 0 Å². The van der Waals surface area contributed by atoms with Crippen LogP contribution in [0.1, 0.15) is 0 Å². The van der Waals surface area contributed by atoms with Crippen LogP contribution in [0.2, 0.25) is 0 Å². The molecule has 0 aromatic heterocycles. The van der Waals surface area contributed by atoms with E-state index in [1.165, 1.54) is 6.07 Å². The summed E-state index contributed by atoms with van der Waals surface area (Å²) in [5, 5.41) is 5.84. The quantitative estimate of drug-likeness (QED) is 0.787. The van der Waals surface area contributed by atoms with E-state index in [9.17, 15) is 13.2 Å². The van der Waals surface area contributed by atoms with Gasteiger partial charge in [0.2, 0.25) is 5.91 Å². The summed E-state index contributed by atoms with van der Waals surface area (Å²) >= 11 is 4.35. The van der Waals surface area contributed by atoms with Crippen molar-refractivity contribution >= 4 is 60.2 Å². The Hall–Kier alpha value is -1.84. The van der Waals surface area contributed by atoms with Gasteiger partial charge in [-0.2, -0.15) is 8.42 Å². The number of halogens is 1. The molecular weight excluding hydrogens is 414 g/mol. The van der Waals surface area contributed by atoms with Crippen molar-refractivity contribution in [2.75, 3.05) is 16.4 Å². The Labute approximate surface area is 151 Å². The molecule has 0 bridgehead atoms. The van der Waals surface area contributed by atoms with Crippen molar-refractivity contribution in [2.24, 2.45) is 4.40 Å². The second kappa shape index (κ2) is 6.96. The number of benzene rings is 2. The van der Waals surface area contributed by atoms with E-state index in [1.54, 1.807) is 30.3 Å². The number of hydrogen-bond donors (Lipinski definition) is 2. The number of rotatable bonds is 3. The summed E-state index contributed by atoms with van der Waals surface area (Å²) in [5.41, 5.74) is 1.13. The lowest BCUT2D eigenvalue weighted by Gasteiger charge is -2.17. The number of carbonyl (C=O) groups excluding carboxylic acids is 1. The highest BCUT2D eigenvalue weighted by Gasteiger charge is 2.24. The number of hydrogen-bond acceptors (Lipinski definition) is 5. The average molecular weight is 426 g/mol. The SMILES string of the molecule is O=C(CSC1=NS(=O)(=O)c2ccccc2N1)Nc1ccc(Br)cc1. The molecule has 0 aliphatic carbocycles. The molecule has 3 rings (SSSR count). The van der Waals surface area contributed by atoms with E-state index in [0.717, 1.165) is 16.2 Å². The van der Waals surface area contributed by atoms with Gasteiger partial charge in [0, 0.05) is 10.2 Å². The second-order valence-corrected chi connectivity index (χ2v) is 8.29. The van der Waals surface area contributed by atoms with Crippen LogP contribution in [0.15, 0.2) is 62.3 Å². The molecule has 0 radical (unpaired) electrons. The van der Waals surface area contributed by atoms with Crippen LogP contribution < -0.4 is 10.6 Å². The Kier molecular flexibility index (Phi) is 4.93. The van der Waals surface area contributed by atoms with Crippen LogP contribution in [-0.2, 0) is 14.8 Å². The monoisotopic (exact) mass is 425 g/mol. The number of nitrogens with zero attached hydrogens (tertiary/aromatic N) is 1. The molecule has 9 heteroatoms. The molecule has 2 aromatic rings. The number of para-hydroxylation sites is 1. The highest BCUT2D eigenvalue weighted by Crippen LogP contribution is 2.29. The first-order chi connectivity index (χ1) is 11.4. The van der Waals surface area contributed by atoms with E-state index >= 15 is 0 Å². The first kappa shape index (κ1) is 17.0. The number of sulfonamides is 1. The lowest BCUT2D eigenvalue weighted by Crippen LogP contribution is -2.22. The first-order valence-corrected chi connectivity index (χ1v) is 10.1. The summed E-state index contributed by atoms with van der Waals surface area (Å²) in [4.78, 5) is 12.1. The fourth-order valence-corrected chi connectivity index (χ4v) is 4.32. The van der Waals surface area contributed by atoms with Crippen LogP contribution in [0.4, 0.5) is 11.4 Å². The van der Waals surface area contributed by atoms with Crippen LogP contribution >= 0.6 is 27.7 Å². The Morgan fingerprint density at radius 3 is 2.62 bits per heavy atom. The lowest BCUT2D eigenvalue weighted by atomic mass is 10.3. The van der Waals surface area contributed by atoms with Crippen molar-refractivity contribution in [2.45, 2.75) is 4.90 Å². The van der Waals surface area contributed by atoms with Gasteiger partial charge in [-0.25, -0.2) is 0 Å². The molecule has 0 saturated heterocycles. The molecule has 124 valence electrons. The third-order valence-corrected chi connectivity index (χ3v) is 5.93. The van der Waals surface area contributed by atoms with Crippen molar-refractivity contribution in [3.63, 3.8) is 0 Å². The van der Waals surface area contributed by atoms with Gasteiger partial charge < -0.3 is 10.6 Å². The van der Waals surface area contributed by atoms with Crippen molar-refractivity contribution in [1.29, 1.82) is 0 Å². The van der Waals surface area contributed by atoms with Gasteiger partial charge in [-0.05, 0) is 36.4 Å². The van der Waals surface area contributed by atoms with Crippen LogP contribution in [0.5, 0.6) is 0 Å². The third-order valence-electron chi connectivity index (χ3n) is 3.08. The summed E-state index contributed by atoms with van der Waals surface area (Å²) in [6, 6.07) is 13.7. The smallest absolute Gasteiger partial charge is 0.286 e. The van der Waals surface area contributed by atoms with Gasteiger partial charge in [0.25, 0.3) is 10.0 Å². The van der Waals surface area contributed by atoms with Crippen LogP contribution in [-0.4, -0.2) is 25.2 Å². The molecule has 0 saturated carbocycles. The van der Waals surface area contributed by atoms with Crippen LogP contribution in [0, 0.1) is 0 Å². The Morgan fingerprint density at radius 1 is 1.17 bits per heavy atom.